The van der Waals surface area contributed by atoms with E-state index in [1.165, 1.54) is 0 Å². The second-order valence-electron chi connectivity index (χ2n) is 3.84. The first kappa shape index (κ1) is 13.7. The van der Waals surface area contributed by atoms with E-state index in [2.05, 4.69) is 0 Å². The molecule has 0 amide bonds. The monoisotopic (exact) mass is 290 g/mol. The van der Waals surface area contributed by atoms with Crippen molar-refractivity contribution in [3.05, 3.63) is 82.2 Å². The molecular weight excluding hydrogens is 279 g/mol. The quantitative estimate of drug-likeness (QED) is 0.661. The molecule has 0 bridgehead atoms. The average molecular weight is 291 g/mol. The Hall–Kier alpha value is -1.70. The Labute approximate surface area is 122 Å². The van der Waals surface area contributed by atoms with Crippen LogP contribution in [0.15, 0.2) is 61.1 Å². The lowest BCUT2D eigenvalue weighted by molar-refractivity contribution is 0.410. The summed E-state index contributed by atoms with van der Waals surface area (Å²) in [6.07, 6.45) is 6.97. The van der Waals surface area contributed by atoms with Crippen LogP contribution >= 0.6 is 23.2 Å². The maximum Gasteiger partial charge on any atom is 0.0907 e. The summed E-state index contributed by atoms with van der Waals surface area (Å²) in [6.45, 7) is 0. The van der Waals surface area contributed by atoms with Crippen LogP contribution in [0.1, 0.15) is 11.1 Å². The molecule has 0 N–H and O–H groups in total. The summed E-state index contributed by atoms with van der Waals surface area (Å²) < 4.78 is 5.27. The van der Waals surface area contributed by atoms with Gasteiger partial charge in [0.25, 0.3) is 0 Å². The van der Waals surface area contributed by atoms with Crippen molar-refractivity contribution in [2.75, 3.05) is 0 Å². The average Bonchev–Trinajstić information content (AvgIpc) is 2.43. The van der Waals surface area contributed by atoms with E-state index in [9.17, 15) is 0 Å². The van der Waals surface area contributed by atoms with Crippen LogP contribution in [0.3, 0.4) is 0 Å². The summed E-state index contributed by atoms with van der Waals surface area (Å²) in [4.78, 5) is 0. The Balaban J connectivity index is 1.86. The minimum Gasteiger partial charge on any atom is -0.473 e. The zero-order chi connectivity index (χ0) is 13.5. The van der Waals surface area contributed by atoms with Crippen molar-refractivity contribution in [3.63, 3.8) is 0 Å². The molecule has 0 saturated carbocycles. The van der Waals surface area contributed by atoms with E-state index in [0.29, 0.717) is 0 Å². The lowest BCUT2D eigenvalue weighted by atomic mass is 10.2. The van der Waals surface area contributed by atoms with Gasteiger partial charge in [0.15, 0.2) is 0 Å². The van der Waals surface area contributed by atoms with Gasteiger partial charge in [0.05, 0.1) is 12.5 Å². The largest absolute Gasteiger partial charge is 0.473 e. The molecule has 0 radical (unpaired) electrons. The number of benzene rings is 2. The summed E-state index contributed by atoms with van der Waals surface area (Å²) in [5, 5.41) is 1.45. The minimum atomic E-state index is 0.723. The third-order valence-electron chi connectivity index (χ3n) is 2.42. The molecule has 1 nitrogen and oxygen atoms in total. The maximum atomic E-state index is 5.80. The third kappa shape index (κ3) is 4.82. The Kier molecular flexibility index (Phi) is 5.08. The first-order valence-electron chi connectivity index (χ1n) is 5.74. The first-order chi connectivity index (χ1) is 9.24. The van der Waals surface area contributed by atoms with E-state index in [0.717, 1.165) is 21.2 Å². The van der Waals surface area contributed by atoms with E-state index in [4.69, 9.17) is 27.9 Å². The molecule has 0 atom stereocenters. The summed E-state index contributed by atoms with van der Waals surface area (Å²) in [6, 6.07) is 15.0. The van der Waals surface area contributed by atoms with Crippen LogP contribution in [0.5, 0.6) is 0 Å². The molecule has 2 aromatic carbocycles. The molecule has 2 aromatic rings. The third-order valence-corrected chi connectivity index (χ3v) is 2.92. The van der Waals surface area contributed by atoms with Crippen molar-refractivity contribution in [1.82, 2.24) is 0 Å². The number of hydrogen-bond donors (Lipinski definition) is 0. The highest BCUT2D eigenvalue weighted by molar-refractivity contribution is 6.30. The van der Waals surface area contributed by atoms with E-state index in [1.807, 2.05) is 60.7 Å². The van der Waals surface area contributed by atoms with Crippen LogP contribution in [0, 0.1) is 0 Å². The summed E-state index contributed by atoms with van der Waals surface area (Å²) >= 11 is 11.6. The van der Waals surface area contributed by atoms with E-state index in [-0.39, 0.29) is 0 Å². The minimum absolute atomic E-state index is 0.723. The lowest BCUT2D eigenvalue weighted by Gasteiger charge is -1.95. The van der Waals surface area contributed by atoms with Crippen LogP contribution < -0.4 is 0 Å². The van der Waals surface area contributed by atoms with Crippen molar-refractivity contribution < 1.29 is 4.74 Å². The van der Waals surface area contributed by atoms with Gasteiger partial charge in [0, 0.05) is 10.0 Å². The zero-order valence-electron chi connectivity index (χ0n) is 10.1. The SMILES string of the molecule is Clc1ccc(C=COC=Cc2ccc(Cl)cc2)cc1. The highest BCUT2D eigenvalue weighted by atomic mass is 35.5. The standard InChI is InChI=1S/C16H12Cl2O/c17-15-5-1-13(2-6-15)9-11-19-12-10-14-3-7-16(18)8-4-14/h1-12H. The molecule has 0 fully saturated rings. The molecule has 96 valence electrons. The van der Waals surface area contributed by atoms with Gasteiger partial charge in [-0.15, -0.1) is 0 Å². The van der Waals surface area contributed by atoms with Crippen LogP contribution in [-0.4, -0.2) is 0 Å². The van der Waals surface area contributed by atoms with Gasteiger partial charge < -0.3 is 4.74 Å². The number of halogens is 2. The van der Waals surface area contributed by atoms with Crippen molar-refractivity contribution in [1.29, 1.82) is 0 Å². The fourth-order valence-corrected chi connectivity index (χ4v) is 1.68. The van der Waals surface area contributed by atoms with Crippen LogP contribution in [0.25, 0.3) is 12.2 Å². The highest BCUT2D eigenvalue weighted by Gasteiger charge is 1.88. The smallest absolute Gasteiger partial charge is 0.0907 e. The predicted molar refractivity (Wildman–Crippen MR) is 82.1 cm³/mol. The van der Waals surface area contributed by atoms with E-state index < -0.39 is 0 Å². The van der Waals surface area contributed by atoms with Gasteiger partial charge in [-0.3, -0.25) is 0 Å². The Morgan fingerprint density at radius 1 is 0.632 bits per heavy atom. The van der Waals surface area contributed by atoms with Gasteiger partial charge in [-0.1, -0.05) is 47.5 Å². The number of rotatable bonds is 4. The molecule has 0 saturated heterocycles. The Bertz CT molecular complexity index is 515. The van der Waals surface area contributed by atoms with Gasteiger partial charge in [-0.2, -0.15) is 0 Å². The Morgan fingerprint density at radius 3 is 1.37 bits per heavy atom. The number of hydrogen-bond acceptors (Lipinski definition) is 1. The van der Waals surface area contributed by atoms with Crippen molar-refractivity contribution in [2.45, 2.75) is 0 Å². The van der Waals surface area contributed by atoms with Crippen LogP contribution in [-0.2, 0) is 4.74 Å². The molecule has 0 heterocycles. The molecule has 2 rings (SSSR count). The van der Waals surface area contributed by atoms with Crippen LogP contribution in [0.2, 0.25) is 10.0 Å². The molecule has 0 aliphatic carbocycles. The fraction of sp³-hybridized carbons (Fsp3) is 0. The van der Waals surface area contributed by atoms with Crippen molar-refractivity contribution in [3.8, 4) is 0 Å². The summed E-state index contributed by atoms with van der Waals surface area (Å²) in [5.41, 5.74) is 2.06. The number of ether oxygens (including phenoxy) is 1. The Morgan fingerprint density at radius 2 is 1.00 bits per heavy atom. The molecule has 0 spiro atoms. The van der Waals surface area contributed by atoms with Gasteiger partial charge in [0.1, 0.15) is 0 Å². The molecule has 19 heavy (non-hydrogen) atoms. The summed E-state index contributed by atoms with van der Waals surface area (Å²) in [5.74, 6) is 0. The second-order valence-corrected chi connectivity index (χ2v) is 4.72. The maximum absolute atomic E-state index is 5.80. The van der Waals surface area contributed by atoms with Gasteiger partial charge >= 0.3 is 0 Å². The summed E-state index contributed by atoms with van der Waals surface area (Å²) in [7, 11) is 0. The fourth-order valence-electron chi connectivity index (χ4n) is 1.43. The van der Waals surface area contributed by atoms with Crippen molar-refractivity contribution >= 4 is 35.4 Å². The van der Waals surface area contributed by atoms with E-state index in [1.54, 1.807) is 12.5 Å². The molecule has 3 heteroatoms. The lowest BCUT2D eigenvalue weighted by Crippen LogP contribution is -1.73. The zero-order valence-corrected chi connectivity index (χ0v) is 11.6. The highest BCUT2D eigenvalue weighted by Crippen LogP contribution is 2.12. The first-order valence-corrected chi connectivity index (χ1v) is 6.49. The van der Waals surface area contributed by atoms with Gasteiger partial charge in [-0.25, -0.2) is 0 Å². The predicted octanol–water partition coefficient (Wildman–Crippen LogP) is 5.65. The van der Waals surface area contributed by atoms with Crippen LogP contribution in [0.4, 0.5) is 0 Å². The molecule has 0 unspecified atom stereocenters. The van der Waals surface area contributed by atoms with Gasteiger partial charge in [-0.05, 0) is 47.5 Å². The normalized spacial score (nSPS) is 11.3. The molecular formula is C16H12Cl2O. The van der Waals surface area contributed by atoms with E-state index >= 15 is 0 Å². The molecule has 0 aliphatic heterocycles. The molecule has 0 aromatic heterocycles. The molecule has 0 aliphatic rings. The van der Waals surface area contributed by atoms with Gasteiger partial charge in [0.2, 0.25) is 0 Å². The second kappa shape index (κ2) is 7.03. The van der Waals surface area contributed by atoms with Crippen molar-refractivity contribution in [2.24, 2.45) is 0 Å². The topological polar surface area (TPSA) is 9.23 Å².